The molecule has 1 fully saturated rings. The number of hydrogen-bond acceptors (Lipinski definition) is 6. The standard InChI is InChI=1S/C14H18N4OS/c1-10-17-13(9-20-10)7-18-6-11(14(19)8-18)4-12-5-15-2-3-16-12/h2-3,5,9,11,14,19H,4,6-8H2,1H3/t11-,14-/m1/s1. The van der Waals surface area contributed by atoms with Gasteiger partial charge in [0.05, 0.1) is 22.5 Å². The predicted octanol–water partition coefficient (Wildman–Crippen LogP) is 1.28. The maximum Gasteiger partial charge on any atom is 0.0897 e. The minimum absolute atomic E-state index is 0.228. The fourth-order valence-electron chi connectivity index (χ4n) is 2.69. The van der Waals surface area contributed by atoms with Crippen molar-refractivity contribution in [3.63, 3.8) is 0 Å². The molecule has 1 aliphatic rings. The first-order chi connectivity index (χ1) is 9.70. The Morgan fingerprint density at radius 1 is 1.35 bits per heavy atom. The first-order valence-electron chi connectivity index (χ1n) is 6.77. The van der Waals surface area contributed by atoms with Gasteiger partial charge in [-0.15, -0.1) is 11.3 Å². The summed E-state index contributed by atoms with van der Waals surface area (Å²) >= 11 is 1.67. The predicted molar refractivity (Wildman–Crippen MR) is 77.4 cm³/mol. The van der Waals surface area contributed by atoms with Crippen LogP contribution < -0.4 is 0 Å². The van der Waals surface area contributed by atoms with Gasteiger partial charge in [0.25, 0.3) is 0 Å². The van der Waals surface area contributed by atoms with Gasteiger partial charge < -0.3 is 5.11 Å². The van der Waals surface area contributed by atoms with Gasteiger partial charge in [0, 0.05) is 49.5 Å². The highest BCUT2D eigenvalue weighted by Gasteiger charge is 2.31. The lowest BCUT2D eigenvalue weighted by Gasteiger charge is -2.13. The molecule has 0 spiro atoms. The van der Waals surface area contributed by atoms with Gasteiger partial charge in [-0.05, 0) is 13.3 Å². The molecule has 1 N–H and O–H groups in total. The van der Waals surface area contributed by atoms with E-state index >= 15 is 0 Å². The maximum absolute atomic E-state index is 10.2. The molecule has 0 radical (unpaired) electrons. The topological polar surface area (TPSA) is 62.1 Å². The SMILES string of the molecule is Cc1nc(CN2C[C@@H](Cc3cnccn3)[C@H](O)C2)cs1. The molecule has 1 aliphatic heterocycles. The molecule has 3 heterocycles. The van der Waals surface area contributed by atoms with Crippen LogP contribution in [0.4, 0.5) is 0 Å². The number of rotatable bonds is 4. The molecule has 1 saturated heterocycles. The normalized spacial score (nSPS) is 23.3. The molecule has 0 bridgehead atoms. The number of nitrogens with zero attached hydrogens (tertiary/aromatic N) is 4. The van der Waals surface area contributed by atoms with Gasteiger partial charge in [-0.3, -0.25) is 14.9 Å². The fourth-order valence-corrected chi connectivity index (χ4v) is 3.29. The van der Waals surface area contributed by atoms with E-state index in [1.54, 1.807) is 29.9 Å². The van der Waals surface area contributed by atoms with Crippen molar-refractivity contribution in [2.24, 2.45) is 5.92 Å². The average Bonchev–Trinajstić information content (AvgIpc) is 2.98. The van der Waals surface area contributed by atoms with Crippen molar-refractivity contribution < 1.29 is 5.11 Å². The molecule has 0 aliphatic carbocycles. The lowest BCUT2D eigenvalue weighted by Crippen LogP contribution is -2.21. The Labute approximate surface area is 122 Å². The van der Waals surface area contributed by atoms with Crippen LogP contribution in [0.3, 0.4) is 0 Å². The second-order valence-corrected chi connectivity index (χ2v) is 6.34. The number of aliphatic hydroxyl groups excluding tert-OH is 1. The van der Waals surface area contributed by atoms with E-state index in [0.29, 0.717) is 6.54 Å². The molecule has 5 nitrogen and oxygen atoms in total. The zero-order valence-electron chi connectivity index (χ0n) is 11.4. The summed E-state index contributed by atoms with van der Waals surface area (Å²) in [5.41, 5.74) is 2.04. The smallest absolute Gasteiger partial charge is 0.0897 e. The largest absolute Gasteiger partial charge is 0.391 e. The van der Waals surface area contributed by atoms with E-state index in [1.807, 2.05) is 6.92 Å². The van der Waals surface area contributed by atoms with Gasteiger partial charge in [-0.2, -0.15) is 0 Å². The number of thiazole rings is 1. The Bertz CT molecular complexity index is 559. The van der Waals surface area contributed by atoms with Crippen LogP contribution in [0.5, 0.6) is 0 Å². The molecule has 106 valence electrons. The number of aliphatic hydroxyl groups is 1. The summed E-state index contributed by atoms with van der Waals surface area (Å²) in [5.74, 6) is 0.228. The van der Waals surface area contributed by atoms with Gasteiger partial charge in [0.2, 0.25) is 0 Å². The van der Waals surface area contributed by atoms with E-state index in [0.717, 1.165) is 35.9 Å². The highest BCUT2D eigenvalue weighted by molar-refractivity contribution is 7.09. The van der Waals surface area contributed by atoms with Crippen molar-refractivity contribution in [3.8, 4) is 0 Å². The number of β-amino-alcohol motifs (C(OH)–C–C–N with tert-alkyl or cyclic N) is 1. The Hall–Kier alpha value is -1.37. The van der Waals surface area contributed by atoms with Crippen LogP contribution in [-0.4, -0.2) is 44.2 Å². The summed E-state index contributed by atoms with van der Waals surface area (Å²) < 4.78 is 0. The molecular formula is C14H18N4OS. The molecule has 20 heavy (non-hydrogen) atoms. The minimum atomic E-state index is -0.295. The summed E-state index contributed by atoms with van der Waals surface area (Å²) in [4.78, 5) is 15.1. The fraction of sp³-hybridized carbons (Fsp3) is 0.500. The molecule has 0 saturated carbocycles. The van der Waals surface area contributed by atoms with Crippen LogP contribution in [-0.2, 0) is 13.0 Å². The molecule has 0 unspecified atom stereocenters. The van der Waals surface area contributed by atoms with Gasteiger partial charge >= 0.3 is 0 Å². The summed E-state index contributed by atoms with van der Waals surface area (Å²) in [6.45, 7) is 4.43. The second-order valence-electron chi connectivity index (χ2n) is 5.28. The third-order valence-electron chi connectivity index (χ3n) is 3.62. The lowest BCUT2D eigenvalue weighted by molar-refractivity contribution is 0.140. The van der Waals surface area contributed by atoms with Crippen LogP contribution in [0.25, 0.3) is 0 Å². The van der Waals surface area contributed by atoms with Crippen LogP contribution in [0, 0.1) is 12.8 Å². The van der Waals surface area contributed by atoms with Crippen molar-refractivity contribution in [2.45, 2.75) is 26.0 Å². The zero-order chi connectivity index (χ0) is 13.9. The van der Waals surface area contributed by atoms with Crippen LogP contribution in [0.1, 0.15) is 16.4 Å². The first kappa shape index (κ1) is 13.6. The third kappa shape index (κ3) is 3.20. The minimum Gasteiger partial charge on any atom is -0.391 e. The van der Waals surface area contributed by atoms with Crippen molar-refractivity contribution in [3.05, 3.63) is 40.4 Å². The highest BCUT2D eigenvalue weighted by Crippen LogP contribution is 2.22. The van der Waals surface area contributed by atoms with E-state index in [9.17, 15) is 5.11 Å². The van der Waals surface area contributed by atoms with Crippen molar-refractivity contribution in [1.82, 2.24) is 19.9 Å². The number of likely N-dealkylation sites (tertiary alicyclic amines) is 1. The molecule has 2 aromatic rings. The molecule has 2 aromatic heterocycles. The van der Waals surface area contributed by atoms with E-state index in [1.165, 1.54) is 0 Å². The highest BCUT2D eigenvalue weighted by atomic mass is 32.1. The van der Waals surface area contributed by atoms with Gasteiger partial charge in [-0.1, -0.05) is 0 Å². The Morgan fingerprint density at radius 2 is 2.25 bits per heavy atom. The quantitative estimate of drug-likeness (QED) is 0.919. The molecular weight excluding hydrogens is 272 g/mol. The van der Waals surface area contributed by atoms with E-state index in [-0.39, 0.29) is 12.0 Å². The second kappa shape index (κ2) is 5.95. The van der Waals surface area contributed by atoms with Crippen molar-refractivity contribution in [1.29, 1.82) is 0 Å². The van der Waals surface area contributed by atoms with E-state index in [2.05, 4.69) is 25.2 Å². The van der Waals surface area contributed by atoms with Crippen molar-refractivity contribution >= 4 is 11.3 Å². The van der Waals surface area contributed by atoms with Gasteiger partial charge in [0.15, 0.2) is 0 Å². The lowest BCUT2D eigenvalue weighted by atomic mass is 10.0. The monoisotopic (exact) mass is 290 g/mol. The van der Waals surface area contributed by atoms with Crippen LogP contribution >= 0.6 is 11.3 Å². The zero-order valence-corrected chi connectivity index (χ0v) is 12.3. The average molecular weight is 290 g/mol. The summed E-state index contributed by atoms with van der Waals surface area (Å²) in [6, 6.07) is 0. The van der Waals surface area contributed by atoms with Crippen LogP contribution in [0.2, 0.25) is 0 Å². The summed E-state index contributed by atoms with van der Waals surface area (Å²) in [6.07, 6.45) is 5.63. The van der Waals surface area contributed by atoms with Gasteiger partial charge in [0.1, 0.15) is 0 Å². The maximum atomic E-state index is 10.2. The number of hydrogen-bond donors (Lipinski definition) is 1. The first-order valence-corrected chi connectivity index (χ1v) is 7.65. The number of aryl methyl sites for hydroxylation is 1. The number of aromatic nitrogens is 3. The third-order valence-corrected chi connectivity index (χ3v) is 4.44. The molecule has 0 aromatic carbocycles. The van der Waals surface area contributed by atoms with E-state index in [4.69, 9.17) is 0 Å². The molecule has 6 heteroatoms. The van der Waals surface area contributed by atoms with Crippen LogP contribution in [0.15, 0.2) is 24.0 Å². The summed E-state index contributed by atoms with van der Waals surface area (Å²) in [7, 11) is 0. The Kier molecular flexibility index (Phi) is 4.05. The summed E-state index contributed by atoms with van der Waals surface area (Å²) in [5, 5.41) is 13.4. The Balaban J connectivity index is 1.59. The molecule has 3 rings (SSSR count). The van der Waals surface area contributed by atoms with Crippen molar-refractivity contribution in [2.75, 3.05) is 13.1 Å². The Morgan fingerprint density at radius 3 is 2.95 bits per heavy atom. The van der Waals surface area contributed by atoms with E-state index < -0.39 is 0 Å². The van der Waals surface area contributed by atoms with Gasteiger partial charge in [-0.25, -0.2) is 4.98 Å². The molecule has 2 atom stereocenters. The molecule has 0 amide bonds.